The van der Waals surface area contributed by atoms with Gasteiger partial charge >= 0.3 is 0 Å². The maximum absolute atomic E-state index is 13.3. The van der Waals surface area contributed by atoms with Crippen molar-refractivity contribution in [2.75, 3.05) is 5.43 Å². The summed E-state index contributed by atoms with van der Waals surface area (Å²) in [4.78, 5) is 18.9. The summed E-state index contributed by atoms with van der Waals surface area (Å²) in [5.74, 6) is -0.239. The summed E-state index contributed by atoms with van der Waals surface area (Å²) < 4.78 is 13.3. The Balaban J connectivity index is 1.92. The SMILES string of the molecule is N#Cc1c(-c2ccccc2)nc(NN=Cc2ccc(F)cc2CBr)[nH]c1=O. The van der Waals surface area contributed by atoms with Crippen LogP contribution in [0.4, 0.5) is 10.3 Å². The standard InChI is InChI=1S/C19H13BrFN5O/c20-9-14-8-15(21)7-6-13(14)11-23-26-19-24-17(12-4-2-1-3-5-12)16(10-22)18(27)25-19/h1-8,11H,9H2,(H2,24,25,26,27). The van der Waals surface area contributed by atoms with E-state index in [0.29, 0.717) is 16.5 Å². The molecule has 3 rings (SSSR count). The molecule has 3 aromatic rings. The highest BCUT2D eigenvalue weighted by molar-refractivity contribution is 9.08. The first-order chi connectivity index (χ1) is 13.1. The fourth-order valence-electron chi connectivity index (χ4n) is 2.41. The average Bonchev–Trinajstić information content (AvgIpc) is 2.69. The Hall–Kier alpha value is -3.31. The number of rotatable bonds is 5. The number of anilines is 1. The quantitative estimate of drug-likeness (QED) is 0.369. The van der Waals surface area contributed by atoms with Gasteiger partial charge in [-0.1, -0.05) is 52.3 Å². The van der Waals surface area contributed by atoms with Crippen LogP contribution in [0.15, 0.2) is 58.4 Å². The molecule has 0 saturated carbocycles. The first-order valence-electron chi connectivity index (χ1n) is 7.85. The Morgan fingerprint density at radius 1 is 1.30 bits per heavy atom. The van der Waals surface area contributed by atoms with Crippen LogP contribution in [0.1, 0.15) is 16.7 Å². The highest BCUT2D eigenvalue weighted by Gasteiger charge is 2.12. The average molecular weight is 426 g/mol. The number of nitrogens with one attached hydrogen (secondary N) is 2. The third-order valence-electron chi connectivity index (χ3n) is 3.70. The number of nitrogens with zero attached hydrogens (tertiary/aromatic N) is 3. The first-order valence-corrected chi connectivity index (χ1v) is 8.98. The van der Waals surface area contributed by atoms with Gasteiger partial charge in [0.2, 0.25) is 5.95 Å². The van der Waals surface area contributed by atoms with Crippen LogP contribution in [0, 0.1) is 17.1 Å². The Morgan fingerprint density at radius 2 is 2.07 bits per heavy atom. The molecule has 2 N–H and O–H groups in total. The second-order valence-electron chi connectivity index (χ2n) is 5.46. The number of nitriles is 1. The Labute approximate surface area is 162 Å². The van der Waals surface area contributed by atoms with Gasteiger partial charge in [-0.25, -0.2) is 14.8 Å². The molecule has 8 heteroatoms. The number of aromatic nitrogens is 2. The molecule has 0 radical (unpaired) electrons. The zero-order valence-corrected chi connectivity index (χ0v) is 15.5. The summed E-state index contributed by atoms with van der Waals surface area (Å²) in [6.07, 6.45) is 1.50. The molecule has 0 atom stereocenters. The minimum atomic E-state index is -0.563. The lowest BCUT2D eigenvalue weighted by molar-refractivity contribution is 0.626. The zero-order chi connectivity index (χ0) is 19.2. The van der Waals surface area contributed by atoms with Crippen LogP contribution >= 0.6 is 15.9 Å². The van der Waals surface area contributed by atoms with Crippen molar-refractivity contribution in [2.24, 2.45) is 5.10 Å². The van der Waals surface area contributed by atoms with E-state index in [1.165, 1.54) is 18.3 Å². The van der Waals surface area contributed by atoms with Crippen molar-refractivity contribution in [1.29, 1.82) is 5.26 Å². The molecule has 1 aromatic heterocycles. The molecule has 27 heavy (non-hydrogen) atoms. The number of hydrazone groups is 1. The molecule has 0 aliphatic carbocycles. The van der Waals surface area contributed by atoms with Crippen molar-refractivity contribution in [3.8, 4) is 17.3 Å². The van der Waals surface area contributed by atoms with Gasteiger partial charge in [0.25, 0.3) is 5.56 Å². The van der Waals surface area contributed by atoms with E-state index in [-0.39, 0.29) is 23.0 Å². The smallest absolute Gasteiger partial charge is 0.270 e. The number of halogens is 2. The summed E-state index contributed by atoms with van der Waals surface area (Å²) >= 11 is 3.30. The summed E-state index contributed by atoms with van der Waals surface area (Å²) in [5, 5.41) is 13.8. The maximum Gasteiger partial charge on any atom is 0.270 e. The van der Waals surface area contributed by atoms with Gasteiger partial charge in [0.15, 0.2) is 0 Å². The topological polar surface area (TPSA) is 93.9 Å². The van der Waals surface area contributed by atoms with E-state index in [2.05, 4.69) is 36.4 Å². The highest BCUT2D eigenvalue weighted by atomic mass is 79.9. The van der Waals surface area contributed by atoms with Crippen LogP contribution in [0.5, 0.6) is 0 Å². The molecule has 0 bridgehead atoms. The van der Waals surface area contributed by atoms with Crippen LogP contribution in [-0.4, -0.2) is 16.2 Å². The lowest BCUT2D eigenvalue weighted by atomic mass is 10.1. The molecule has 134 valence electrons. The molecule has 0 aliphatic heterocycles. The molecule has 0 amide bonds. The molecular weight excluding hydrogens is 413 g/mol. The summed E-state index contributed by atoms with van der Waals surface area (Å²) in [5.41, 5.74) is 4.36. The van der Waals surface area contributed by atoms with Crippen LogP contribution in [-0.2, 0) is 5.33 Å². The van der Waals surface area contributed by atoms with Gasteiger partial charge in [0.05, 0.1) is 11.9 Å². The molecular formula is C19H13BrFN5O. The number of alkyl halides is 1. The Kier molecular flexibility index (Phi) is 5.74. The third kappa shape index (κ3) is 4.27. The van der Waals surface area contributed by atoms with Gasteiger partial charge in [-0.05, 0) is 23.3 Å². The van der Waals surface area contributed by atoms with E-state index in [1.54, 1.807) is 30.3 Å². The molecule has 0 spiro atoms. The van der Waals surface area contributed by atoms with Crippen molar-refractivity contribution in [3.05, 3.63) is 81.4 Å². The van der Waals surface area contributed by atoms with E-state index in [4.69, 9.17) is 0 Å². The highest BCUT2D eigenvalue weighted by Crippen LogP contribution is 2.19. The van der Waals surface area contributed by atoms with Crippen molar-refractivity contribution < 1.29 is 4.39 Å². The molecule has 0 unspecified atom stereocenters. The molecule has 1 heterocycles. The molecule has 0 fully saturated rings. The number of H-pyrrole nitrogens is 1. The van der Waals surface area contributed by atoms with E-state index in [1.807, 2.05) is 12.1 Å². The van der Waals surface area contributed by atoms with E-state index < -0.39 is 5.56 Å². The molecule has 0 aliphatic rings. The number of hydrogen-bond acceptors (Lipinski definition) is 5. The van der Waals surface area contributed by atoms with Crippen molar-refractivity contribution in [1.82, 2.24) is 9.97 Å². The van der Waals surface area contributed by atoms with Crippen LogP contribution in [0.2, 0.25) is 0 Å². The van der Waals surface area contributed by atoms with Gasteiger partial charge in [-0.3, -0.25) is 9.78 Å². The van der Waals surface area contributed by atoms with E-state index >= 15 is 0 Å². The van der Waals surface area contributed by atoms with Gasteiger partial charge in [0, 0.05) is 10.9 Å². The Bertz CT molecular complexity index is 1090. The number of hydrogen-bond donors (Lipinski definition) is 2. The third-order valence-corrected chi connectivity index (χ3v) is 4.31. The summed E-state index contributed by atoms with van der Waals surface area (Å²) in [6.45, 7) is 0. The number of benzene rings is 2. The molecule has 0 saturated heterocycles. The normalized spacial score (nSPS) is 10.7. The first kappa shape index (κ1) is 18.5. The predicted molar refractivity (Wildman–Crippen MR) is 105 cm³/mol. The second-order valence-corrected chi connectivity index (χ2v) is 6.02. The van der Waals surface area contributed by atoms with Crippen molar-refractivity contribution in [3.63, 3.8) is 0 Å². The molecule has 6 nitrogen and oxygen atoms in total. The van der Waals surface area contributed by atoms with Gasteiger partial charge in [0.1, 0.15) is 17.4 Å². The summed E-state index contributed by atoms with van der Waals surface area (Å²) in [6, 6.07) is 15.2. The number of aromatic amines is 1. The van der Waals surface area contributed by atoms with Gasteiger partial charge in [-0.2, -0.15) is 10.4 Å². The zero-order valence-electron chi connectivity index (χ0n) is 13.9. The lowest BCUT2D eigenvalue weighted by Gasteiger charge is -2.06. The Morgan fingerprint density at radius 3 is 2.78 bits per heavy atom. The lowest BCUT2D eigenvalue weighted by Crippen LogP contribution is -2.16. The van der Waals surface area contributed by atoms with Crippen molar-refractivity contribution >= 4 is 28.1 Å². The minimum Gasteiger partial charge on any atom is -0.290 e. The largest absolute Gasteiger partial charge is 0.290 e. The summed E-state index contributed by atoms with van der Waals surface area (Å²) in [7, 11) is 0. The minimum absolute atomic E-state index is 0.0733. The monoisotopic (exact) mass is 425 g/mol. The van der Waals surface area contributed by atoms with E-state index in [0.717, 1.165) is 5.56 Å². The second kappa shape index (κ2) is 8.38. The van der Waals surface area contributed by atoms with Crippen LogP contribution < -0.4 is 11.0 Å². The van der Waals surface area contributed by atoms with Crippen molar-refractivity contribution in [2.45, 2.75) is 5.33 Å². The maximum atomic E-state index is 13.3. The molecule has 2 aromatic carbocycles. The fourth-order valence-corrected chi connectivity index (χ4v) is 2.90. The fraction of sp³-hybridized carbons (Fsp3) is 0.0526. The van der Waals surface area contributed by atoms with Gasteiger partial charge < -0.3 is 0 Å². The van der Waals surface area contributed by atoms with Gasteiger partial charge in [-0.15, -0.1) is 0 Å². The van der Waals surface area contributed by atoms with Crippen LogP contribution in [0.3, 0.4) is 0 Å². The van der Waals surface area contributed by atoms with E-state index in [9.17, 15) is 14.4 Å². The predicted octanol–water partition coefficient (Wildman–Crippen LogP) is 3.79. The van der Waals surface area contributed by atoms with Crippen LogP contribution in [0.25, 0.3) is 11.3 Å².